The van der Waals surface area contributed by atoms with Crippen molar-refractivity contribution >= 4 is 39.1 Å². The third kappa shape index (κ3) is 5.78. The molecule has 0 saturated carbocycles. The second-order valence-electron chi connectivity index (χ2n) is 7.57. The van der Waals surface area contributed by atoms with Gasteiger partial charge in [-0.3, -0.25) is 9.59 Å². The molecule has 3 aromatic rings. The standard InChI is InChI=1S/C24H24ClN3O4S/c1-16(18-10-7-11-19(14-18)27-23(29)17-8-5-4-6-9-17)26-24(30)21-15-20(12-13-22(21)25)33(31,32)28(2)3/h4-16H,1-3H3,(H,26,30)(H,27,29). The van der Waals surface area contributed by atoms with Crippen LogP contribution < -0.4 is 10.6 Å². The van der Waals surface area contributed by atoms with Gasteiger partial charge in [0.25, 0.3) is 11.8 Å². The van der Waals surface area contributed by atoms with Crippen molar-refractivity contribution in [3.8, 4) is 0 Å². The first-order chi connectivity index (χ1) is 15.6. The van der Waals surface area contributed by atoms with Crippen LogP contribution in [0.5, 0.6) is 0 Å². The topological polar surface area (TPSA) is 95.6 Å². The zero-order chi connectivity index (χ0) is 24.2. The van der Waals surface area contributed by atoms with E-state index < -0.39 is 22.0 Å². The van der Waals surface area contributed by atoms with E-state index >= 15 is 0 Å². The zero-order valence-electron chi connectivity index (χ0n) is 18.4. The average Bonchev–Trinajstić information content (AvgIpc) is 2.79. The van der Waals surface area contributed by atoms with Crippen molar-refractivity contribution in [2.75, 3.05) is 19.4 Å². The van der Waals surface area contributed by atoms with Crippen molar-refractivity contribution in [1.29, 1.82) is 0 Å². The number of nitrogens with one attached hydrogen (secondary N) is 2. The number of sulfonamides is 1. The number of rotatable bonds is 7. The summed E-state index contributed by atoms with van der Waals surface area (Å²) in [5, 5.41) is 5.81. The summed E-state index contributed by atoms with van der Waals surface area (Å²) < 4.78 is 25.9. The highest BCUT2D eigenvalue weighted by Crippen LogP contribution is 2.24. The van der Waals surface area contributed by atoms with Gasteiger partial charge in [0.2, 0.25) is 10.0 Å². The van der Waals surface area contributed by atoms with Gasteiger partial charge in [0.1, 0.15) is 0 Å². The van der Waals surface area contributed by atoms with E-state index in [-0.39, 0.29) is 21.4 Å². The summed E-state index contributed by atoms with van der Waals surface area (Å²) in [5.41, 5.74) is 1.92. The number of anilines is 1. The van der Waals surface area contributed by atoms with Gasteiger partial charge in [-0.15, -0.1) is 0 Å². The molecule has 3 aromatic carbocycles. The van der Waals surface area contributed by atoms with Crippen molar-refractivity contribution in [2.24, 2.45) is 0 Å². The number of hydrogen-bond donors (Lipinski definition) is 2. The molecule has 0 bridgehead atoms. The second kappa shape index (κ2) is 10.2. The molecule has 7 nitrogen and oxygen atoms in total. The summed E-state index contributed by atoms with van der Waals surface area (Å²) in [7, 11) is -0.892. The van der Waals surface area contributed by atoms with Gasteiger partial charge in [0.05, 0.1) is 21.5 Å². The van der Waals surface area contributed by atoms with Crippen LogP contribution >= 0.6 is 11.6 Å². The Bertz CT molecular complexity index is 1280. The molecule has 0 fully saturated rings. The first kappa shape index (κ1) is 24.4. The highest BCUT2D eigenvalue weighted by atomic mass is 35.5. The lowest BCUT2D eigenvalue weighted by molar-refractivity contribution is 0.0939. The summed E-state index contributed by atoms with van der Waals surface area (Å²) in [5.74, 6) is -0.753. The van der Waals surface area contributed by atoms with Gasteiger partial charge in [-0.25, -0.2) is 12.7 Å². The largest absolute Gasteiger partial charge is 0.345 e. The fourth-order valence-corrected chi connectivity index (χ4v) is 4.22. The van der Waals surface area contributed by atoms with E-state index in [1.165, 1.54) is 32.3 Å². The Morgan fingerprint density at radius 3 is 2.27 bits per heavy atom. The van der Waals surface area contributed by atoms with E-state index in [2.05, 4.69) is 10.6 Å². The van der Waals surface area contributed by atoms with Crippen LogP contribution in [0.2, 0.25) is 5.02 Å². The van der Waals surface area contributed by atoms with Gasteiger partial charge >= 0.3 is 0 Å². The van der Waals surface area contributed by atoms with E-state index in [0.29, 0.717) is 11.3 Å². The van der Waals surface area contributed by atoms with E-state index in [9.17, 15) is 18.0 Å². The molecule has 0 heterocycles. The maximum atomic E-state index is 12.9. The number of nitrogens with zero attached hydrogens (tertiary/aromatic N) is 1. The molecule has 0 aliphatic carbocycles. The number of carbonyl (C=O) groups is 2. The number of amides is 2. The van der Waals surface area contributed by atoms with Gasteiger partial charge in [-0.2, -0.15) is 0 Å². The SMILES string of the molecule is CC(NC(=O)c1cc(S(=O)(=O)N(C)C)ccc1Cl)c1cccc(NC(=O)c2ccccc2)c1. The maximum absolute atomic E-state index is 12.9. The van der Waals surface area contributed by atoms with Crippen LogP contribution in [0.3, 0.4) is 0 Å². The summed E-state index contributed by atoms with van der Waals surface area (Å²) in [6.07, 6.45) is 0. The Labute approximate surface area is 198 Å². The van der Waals surface area contributed by atoms with Crippen LogP contribution in [0, 0.1) is 0 Å². The quantitative estimate of drug-likeness (QED) is 0.520. The van der Waals surface area contributed by atoms with E-state index in [1.807, 2.05) is 12.1 Å². The van der Waals surface area contributed by atoms with Gasteiger partial charge < -0.3 is 10.6 Å². The number of halogens is 1. The molecular weight excluding hydrogens is 462 g/mol. The lowest BCUT2D eigenvalue weighted by Gasteiger charge is -2.17. The lowest BCUT2D eigenvalue weighted by Crippen LogP contribution is -2.28. The molecule has 1 atom stereocenters. The van der Waals surface area contributed by atoms with Crippen molar-refractivity contribution in [1.82, 2.24) is 9.62 Å². The molecule has 172 valence electrons. The van der Waals surface area contributed by atoms with Crippen LogP contribution in [0.25, 0.3) is 0 Å². The molecule has 0 aliphatic heterocycles. The third-order valence-corrected chi connectivity index (χ3v) is 7.13. The molecule has 33 heavy (non-hydrogen) atoms. The van der Waals surface area contributed by atoms with E-state index in [1.54, 1.807) is 49.4 Å². The molecule has 9 heteroatoms. The molecule has 0 spiro atoms. The van der Waals surface area contributed by atoms with Gasteiger partial charge in [-0.1, -0.05) is 41.9 Å². The minimum absolute atomic E-state index is 0.0275. The van der Waals surface area contributed by atoms with Crippen molar-refractivity contribution in [3.05, 3.63) is 94.5 Å². The number of hydrogen-bond acceptors (Lipinski definition) is 4. The van der Waals surface area contributed by atoms with Gasteiger partial charge in [-0.05, 0) is 55.0 Å². The normalized spacial score (nSPS) is 12.3. The second-order valence-corrected chi connectivity index (χ2v) is 10.1. The Morgan fingerprint density at radius 1 is 0.909 bits per heavy atom. The van der Waals surface area contributed by atoms with E-state index in [4.69, 9.17) is 11.6 Å². The molecule has 0 aliphatic rings. The first-order valence-electron chi connectivity index (χ1n) is 10.1. The Balaban J connectivity index is 1.77. The molecule has 0 radical (unpaired) electrons. The summed E-state index contributed by atoms with van der Waals surface area (Å²) >= 11 is 6.17. The molecule has 1 unspecified atom stereocenters. The van der Waals surface area contributed by atoms with Crippen molar-refractivity contribution in [3.63, 3.8) is 0 Å². The van der Waals surface area contributed by atoms with Gasteiger partial charge in [0, 0.05) is 25.3 Å². The molecule has 0 aromatic heterocycles. The Morgan fingerprint density at radius 2 is 1.61 bits per heavy atom. The van der Waals surface area contributed by atoms with Gasteiger partial charge in [0.15, 0.2) is 0 Å². The maximum Gasteiger partial charge on any atom is 0.255 e. The number of benzene rings is 3. The van der Waals surface area contributed by atoms with Crippen molar-refractivity contribution < 1.29 is 18.0 Å². The summed E-state index contributed by atoms with van der Waals surface area (Å²) in [6, 6.07) is 19.5. The number of carbonyl (C=O) groups excluding carboxylic acids is 2. The molecule has 3 rings (SSSR count). The van der Waals surface area contributed by atoms with E-state index in [0.717, 1.165) is 9.87 Å². The average molecular weight is 486 g/mol. The molecule has 2 N–H and O–H groups in total. The zero-order valence-corrected chi connectivity index (χ0v) is 19.9. The van der Waals surface area contributed by atoms with Crippen LogP contribution in [-0.4, -0.2) is 38.6 Å². The third-order valence-electron chi connectivity index (χ3n) is 4.99. The monoisotopic (exact) mass is 485 g/mol. The Kier molecular flexibility index (Phi) is 7.53. The first-order valence-corrected chi connectivity index (χ1v) is 11.9. The summed E-state index contributed by atoms with van der Waals surface area (Å²) in [4.78, 5) is 25.3. The Hall–Kier alpha value is -3.20. The molecule has 2 amide bonds. The van der Waals surface area contributed by atoms with Crippen molar-refractivity contribution in [2.45, 2.75) is 17.9 Å². The fraction of sp³-hybridized carbons (Fsp3) is 0.167. The minimum Gasteiger partial charge on any atom is -0.345 e. The van der Waals surface area contributed by atoms with Crippen LogP contribution in [-0.2, 0) is 10.0 Å². The highest BCUT2D eigenvalue weighted by Gasteiger charge is 2.22. The van der Waals surface area contributed by atoms with Crippen LogP contribution in [0.4, 0.5) is 5.69 Å². The predicted octanol–water partition coefficient (Wildman–Crippen LogP) is 4.33. The predicted molar refractivity (Wildman–Crippen MR) is 129 cm³/mol. The molecular formula is C24H24ClN3O4S. The minimum atomic E-state index is -3.72. The highest BCUT2D eigenvalue weighted by molar-refractivity contribution is 7.89. The van der Waals surface area contributed by atoms with Crippen LogP contribution in [0.15, 0.2) is 77.7 Å². The van der Waals surface area contributed by atoms with Crippen LogP contribution in [0.1, 0.15) is 39.2 Å². The lowest BCUT2D eigenvalue weighted by atomic mass is 10.1. The molecule has 0 saturated heterocycles. The smallest absolute Gasteiger partial charge is 0.255 e. The summed E-state index contributed by atoms with van der Waals surface area (Å²) in [6.45, 7) is 1.78. The fourth-order valence-electron chi connectivity index (χ4n) is 3.09.